The molecule has 0 aliphatic heterocycles. The van der Waals surface area contributed by atoms with E-state index in [-0.39, 0.29) is 17.9 Å². The Balaban J connectivity index is 2.04. The first-order valence-corrected chi connectivity index (χ1v) is 6.37. The highest BCUT2D eigenvalue weighted by atomic mass is 19.1. The van der Waals surface area contributed by atoms with E-state index >= 15 is 0 Å². The van der Waals surface area contributed by atoms with Crippen LogP contribution in [0.25, 0.3) is 10.9 Å². The number of carbonyl (C=O) groups is 1. The van der Waals surface area contributed by atoms with Crippen molar-refractivity contribution in [1.82, 2.24) is 4.57 Å². The van der Waals surface area contributed by atoms with Gasteiger partial charge in [-0.3, -0.25) is 4.79 Å². The molecule has 0 fully saturated rings. The summed E-state index contributed by atoms with van der Waals surface area (Å²) in [4.78, 5) is 11.2. The maximum atomic E-state index is 13.9. The molecule has 106 valence electrons. The minimum Gasteiger partial charge on any atom is -0.366 e. The minimum atomic E-state index is -0.611. The average Bonchev–Trinajstić information content (AvgIpc) is 2.83. The summed E-state index contributed by atoms with van der Waals surface area (Å²) < 4.78 is 28.9. The molecule has 1 aromatic heterocycles. The van der Waals surface area contributed by atoms with Crippen molar-refractivity contribution in [2.75, 3.05) is 0 Å². The molecule has 0 saturated carbocycles. The van der Waals surface area contributed by atoms with Crippen LogP contribution in [-0.2, 0) is 6.54 Å². The Hall–Kier alpha value is -2.69. The van der Waals surface area contributed by atoms with E-state index in [9.17, 15) is 13.6 Å². The summed E-state index contributed by atoms with van der Waals surface area (Å²) in [5.74, 6) is -1.40. The summed E-state index contributed by atoms with van der Waals surface area (Å²) >= 11 is 0. The van der Waals surface area contributed by atoms with Crippen molar-refractivity contribution >= 4 is 16.8 Å². The van der Waals surface area contributed by atoms with Gasteiger partial charge < -0.3 is 10.3 Å². The Bertz CT molecular complexity index is 839. The lowest BCUT2D eigenvalue weighted by atomic mass is 10.1. The first kappa shape index (κ1) is 13.3. The molecule has 3 rings (SSSR count). The molecule has 1 heterocycles. The summed E-state index contributed by atoms with van der Waals surface area (Å²) in [6.45, 7) is 0.194. The number of primary amides is 1. The number of aromatic nitrogens is 1. The average molecular weight is 286 g/mol. The molecule has 2 N–H and O–H groups in total. The van der Waals surface area contributed by atoms with Crippen LogP contribution in [-0.4, -0.2) is 10.5 Å². The van der Waals surface area contributed by atoms with Gasteiger partial charge in [0.25, 0.3) is 0 Å². The highest BCUT2D eigenvalue weighted by Crippen LogP contribution is 2.20. The minimum absolute atomic E-state index is 0.194. The zero-order valence-electron chi connectivity index (χ0n) is 11.0. The number of hydrogen-bond acceptors (Lipinski definition) is 1. The molecule has 5 heteroatoms. The molecule has 0 atom stereocenters. The fourth-order valence-electron chi connectivity index (χ4n) is 2.33. The van der Waals surface area contributed by atoms with Gasteiger partial charge in [0.15, 0.2) is 0 Å². The van der Waals surface area contributed by atoms with E-state index in [1.54, 1.807) is 16.8 Å². The van der Waals surface area contributed by atoms with Gasteiger partial charge in [-0.05, 0) is 47.9 Å². The molecule has 0 bridgehead atoms. The van der Waals surface area contributed by atoms with Crippen molar-refractivity contribution in [3.8, 4) is 0 Å². The molecule has 2 aromatic carbocycles. The van der Waals surface area contributed by atoms with Gasteiger partial charge in [-0.2, -0.15) is 0 Å². The van der Waals surface area contributed by atoms with E-state index in [0.717, 1.165) is 5.39 Å². The number of amides is 1. The van der Waals surface area contributed by atoms with Gasteiger partial charge in [0, 0.05) is 17.3 Å². The van der Waals surface area contributed by atoms with Crippen LogP contribution in [0.3, 0.4) is 0 Å². The lowest BCUT2D eigenvalue weighted by molar-refractivity contribution is 0.1000. The van der Waals surface area contributed by atoms with Gasteiger partial charge in [-0.25, -0.2) is 8.78 Å². The van der Waals surface area contributed by atoms with E-state index in [1.165, 1.54) is 30.3 Å². The summed E-state index contributed by atoms with van der Waals surface area (Å²) in [5.41, 5.74) is 6.44. The maximum Gasteiger partial charge on any atom is 0.248 e. The number of halogens is 2. The summed E-state index contributed by atoms with van der Waals surface area (Å²) in [7, 11) is 0. The SMILES string of the molecule is NC(=O)c1ccc(F)c(Cn2ccc3ccc(F)cc32)c1. The van der Waals surface area contributed by atoms with E-state index in [4.69, 9.17) is 5.73 Å². The van der Waals surface area contributed by atoms with E-state index in [1.807, 2.05) is 6.07 Å². The van der Waals surface area contributed by atoms with Crippen molar-refractivity contribution in [3.63, 3.8) is 0 Å². The standard InChI is InChI=1S/C16H12F2N2O/c17-13-3-1-10-5-6-20(15(10)8-13)9-12-7-11(16(19)21)2-4-14(12)18/h1-8H,9H2,(H2,19,21). The first-order chi connectivity index (χ1) is 10.0. The summed E-state index contributed by atoms with van der Waals surface area (Å²) in [6, 6.07) is 10.2. The fourth-order valence-corrected chi connectivity index (χ4v) is 2.33. The summed E-state index contributed by atoms with van der Waals surface area (Å²) in [6.07, 6.45) is 1.75. The van der Waals surface area contributed by atoms with Crippen molar-refractivity contribution in [3.05, 3.63) is 71.4 Å². The zero-order valence-corrected chi connectivity index (χ0v) is 11.0. The van der Waals surface area contributed by atoms with Crippen molar-refractivity contribution < 1.29 is 13.6 Å². The second-order valence-electron chi connectivity index (χ2n) is 4.82. The quantitative estimate of drug-likeness (QED) is 0.790. The third kappa shape index (κ3) is 2.50. The molecule has 3 aromatic rings. The summed E-state index contributed by atoms with van der Waals surface area (Å²) in [5, 5.41) is 0.864. The van der Waals surface area contributed by atoms with Gasteiger partial charge in [0.1, 0.15) is 11.6 Å². The number of hydrogen-bond donors (Lipinski definition) is 1. The molecule has 3 nitrogen and oxygen atoms in total. The van der Waals surface area contributed by atoms with Gasteiger partial charge in [-0.1, -0.05) is 0 Å². The number of carbonyl (C=O) groups excluding carboxylic acids is 1. The lowest BCUT2D eigenvalue weighted by Crippen LogP contribution is -2.12. The van der Waals surface area contributed by atoms with Crippen LogP contribution in [0.15, 0.2) is 48.7 Å². The van der Waals surface area contributed by atoms with Crippen molar-refractivity contribution in [2.24, 2.45) is 5.73 Å². The monoisotopic (exact) mass is 286 g/mol. The molecule has 0 saturated heterocycles. The van der Waals surface area contributed by atoms with E-state index in [2.05, 4.69) is 0 Å². The van der Waals surface area contributed by atoms with Gasteiger partial charge >= 0.3 is 0 Å². The molecular weight excluding hydrogens is 274 g/mol. The Morgan fingerprint density at radius 1 is 1.10 bits per heavy atom. The van der Waals surface area contributed by atoms with Crippen LogP contribution in [0, 0.1) is 11.6 Å². The van der Waals surface area contributed by atoms with Crippen LogP contribution < -0.4 is 5.73 Å². The zero-order chi connectivity index (χ0) is 15.0. The number of nitrogens with zero attached hydrogens (tertiary/aromatic N) is 1. The molecule has 1 amide bonds. The molecule has 0 radical (unpaired) electrons. The Kier molecular flexibility index (Phi) is 3.17. The molecule has 0 aliphatic carbocycles. The van der Waals surface area contributed by atoms with Crippen molar-refractivity contribution in [1.29, 1.82) is 0 Å². The second kappa shape index (κ2) is 5.01. The fraction of sp³-hybridized carbons (Fsp3) is 0.0625. The Morgan fingerprint density at radius 3 is 2.67 bits per heavy atom. The molecular formula is C16H12F2N2O. The van der Waals surface area contributed by atoms with Crippen LogP contribution in [0.2, 0.25) is 0 Å². The number of rotatable bonds is 3. The smallest absolute Gasteiger partial charge is 0.248 e. The second-order valence-corrected chi connectivity index (χ2v) is 4.82. The van der Waals surface area contributed by atoms with Gasteiger partial charge in [-0.15, -0.1) is 0 Å². The van der Waals surface area contributed by atoms with Crippen molar-refractivity contribution in [2.45, 2.75) is 6.54 Å². The molecule has 0 unspecified atom stereocenters. The Labute approximate surface area is 119 Å². The number of fused-ring (bicyclic) bond motifs is 1. The third-order valence-corrected chi connectivity index (χ3v) is 3.41. The van der Waals surface area contributed by atoms with Gasteiger partial charge in [0.2, 0.25) is 5.91 Å². The highest BCUT2D eigenvalue weighted by Gasteiger charge is 2.09. The lowest BCUT2D eigenvalue weighted by Gasteiger charge is -2.08. The van der Waals surface area contributed by atoms with E-state index in [0.29, 0.717) is 11.1 Å². The third-order valence-electron chi connectivity index (χ3n) is 3.41. The number of benzene rings is 2. The molecule has 21 heavy (non-hydrogen) atoms. The Morgan fingerprint density at radius 2 is 1.90 bits per heavy atom. The van der Waals surface area contributed by atoms with Crippen LogP contribution >= 0.6 is 0 Å². The van der Waals surface area contributed by atoms with Crippen LogP contribution in [0.5, 0.6) is 0 Å². The number of nitrogens with two attached hydrogens (primary N) is 1. The first-order valence-electron chi connectivity index (χ1n) is 6.37. The van der Waals surface area contributed by atoms with Crippen LogP contribution in [0.1, 0.15) is 15.9 Å². The predicted octanol–water partition coefficient (Wildman–Crippen LogP) is 3.07. The largest absolute Gasteiger partial charge is 0.366 e. The normalized spacial score (nSPS) is 11.0. The molecule has 0 aliphatic rings. The van der Waals surface area contributed by atoms with E-state index < -0.39 is 11.7 Å². The van der Waals surface area contributed by atoms with Gasteiger partial charge in [0.05, 0.1) is 12.1 Å². The molecule has 0 spiro atoms. The van der Waals surface area contributed by atoms with Crippen LogP contribution in [0.4, 0.5) is 8.78 Å². The topological polar surface area (TPSA) is 48.0 Å². The predicted molar refractivity (Wildman–Crippen MR) is 75.9 cm³/mol. The maximum absolute atomic E-state index is 13.9. The highest BCUT2D eigenvalue weighted by molar-refractivity contribution is 5.92.